The van der Waals surface area contributed by atoms with Gasteiger partial charge < -0.3 is 10.1 Å². The monoisotopic (exact) mass is 392 g/mol. The topological polar surface area (TPSA) is 68.3 Å². The summed E-state index contributed by atoms with van der Waals surface area (Å²) in [6, 6.07) is 7.50. The second-order valence-electron chi connectivity index (χ2n) is 6.48. The van der Waals surface area contributed by atoms with Crippen molar-refractivity contribution in [2.75, 3.05) is 0 Å². The Bertz CT molecular complexity index is 815. The van der Waals surface area contributed by atoms with Gasteiger partial charge in [0.1, 0.15) is 9.88 Å². The van der Waals surface area contributed by atoms with E-state index in [4.69, 9.17) is 16.3 Å². The number of benzene rings is 1. The van der Waals surface area contributed by atoms with Crippen molar-refractivity contribution in [3.8, 4) is 10.6 Å². The van der Waals surface area contributed by atoms with E-state index in [9.17, 15) is 9.59 Å². The highest BCUT2D eigenvalue weighted by molar-refractivity contribution is 7.17. The van der Waals surface area contributed by atoms with Gasteiger partial charge in [0.05, 0.1) is 5.69 Å². The number of halogens is 1. The van der Waals surface area contributed by atoms with E-state index in [1.54, 1.807) is 26.0 Å². The molecule has 0 spiro atoms. The van der Waals surface area contributed by atoms with Crippen molar-refractivity contribution in [3.05, 3.63) is 39.9 Å². The second kappa shape index (κ2) is 8.18. The fraction of sp³-hybridized carbons (Fsp3) is 0.421. The van der Waals surface area contributed by atoms with Gasteiger partial charge in [-0.2, -0.15) is 0 Å². The van der Waals surface area contributed by atoms with Gasteiger partial charge >= 0.3 is 5.97 Å². The molecule has 26 heavy (non-hydrogen) atoms. The highest BCUT2D eigenvalue weighted by atomic mass is 35.5. The van der Waals surface area contributed by atoms with E-state index in [0.29, 0.717) is 20.6 Å². The van der Waals surface area contributed by atoms with Crippen LogP contribution in [0, 0.1) is 6.92 Å². The molecule has 7 heteroatoms. The molecule has 1 heterocycles. The van der Waals surface area contributed by atoms with Crippen LogP contribution >= 0.6 is 22.9 Å². The first-order valence-electron chi connectivity index (χ1n) is 8.69. The highest BCUT2D eigenvalue weighted by Gasteiger charge is 2.25. The maximum absolute atomic E-state index is 12.5. The molecule has 2 aromatic rings. The number of nitrogens with zero attached hydrogens (tertiary/aromatic N) is 1. The number of carbonyl (C=O) groups excluding carboxylic acids is 2. The van der Waals surface area contributed by atoms with Crippen LogP contribution in [0.5, 0.6) is 0 Å². The summed E-state index contributed by atoms with van der Waals surface area (Å²) in [5.74, 6) is -0.773. The Morgan fingerprint density at radius 2 is 2.08 bits per heavy atom. The molecule has 1 aromatic heterocycles. The van der Waals surface area contributed by atoms with E-state index in [1.807, 2.05) is 12.1 Å². The first kappa shape index (κ1) is 18.9. The molecule has 1 atom stereocenters. The SMILES string of the molecule is Cc1nc(-c2cccc(Cl)c2)sc1C(=O)O[C@@H](C)C(=O)NC1CCCC1. The number of thiazole rings is 1. The summed E-state index contributed by atoms with van der Waals surface area (Å²) in [6.45, 7) is 3.35. The predicted molar refractivity (Wildman–Crippen MR) is 103 cm³/mol. The lowest BCUT2D eigenvalue weighted by Gasteiger charge is -2.16. The van der Waals surface area contributed by atoms with Crippen molar-refractivity contribution in [3.63, 3.8) is 0 Å². The van der Waals surface area contributed by atoms with Crippen LogP contribution in [0.15, 0.2) is 24.3 Å². The van der Waals surface area contributed by atoms with Gasteiger partial charge in [-0.15, -0.1) is 11.3 Å². The Balaban J connectivity index is 1.66. The van der Waals surface area contributed by atoms with E-state index in [0.717, 1.165) is 31.2 Å². The minimum atomic E-state index is -0.834. The third-order valence-electron chi connectivity index (χ3n) is 4.41. The average Bonchev–Trinajstić information content (AvgIpc) is 3.24. The average molecular weight is 393 g/mol. The molecule has 1 amide bonds. The zero-order valence-electron chi connectivity index (χ0n) is 14.8. The van der Waals surface area contributed by atoms with Crippen LogP contribution in [0.25, 0.3) is 10.6 Å². The van der Waals surface area contributed by atoms with Crippen molar-refractivity contribution >= 4 is 34.8 Å². The molecule has 0 radical (unpaired) electrons. The van der Waals surface area contributed by atoms with Crippen molar-refractivity contribution in [2.24, 2.45) is 0 Å². The van der Waals surface area contributed by atoms with Crippen LogP contribution < -0.4 is 5.32 Å². The Labute approximate surface area is 161 Å². The highest BCUT2D eigenvalue weighted by Crippen LogP contribution is 2.30. The smallest absolute Gasteiger partial charge is 0.351 e. The molecular weight excluding hydrogens is 372 g/mol. The number of hydrogen-bond donors (Lipinski definition) is 1. The Morgan fingerprint density at radius 3 is 2.77 bits per heavy atom. The molecule has 0 unspecified atom stereocenters. The Hall–Kier alpha value is -1.92. The Morgan fingerprint density at radius 1 is 1.35 bits per heavy atom. The van der Waals surface area contributed by atoms with Gasteiger partial charge in [0.2, 0.25) is 0 Å². The van der Waals surface area contributed by atoms with Gasteiger partial charge in [0.25, 0.3) is 5.91 Å². The lowest BCUT2D eigenvalue weighted by molar-refractivity contribution is -0.129. The molecule has 3 rings (SSSR count). The second-order valence-corrected chi connectivity index (χ2v) is 7.92. The number of aryl methyl sites for hydroxylation is 1. The van der Waals surface area contributed by atoms with E-state index >= 15 is 0 Å². The number of rotatable bonds is 5. The van der Waals surface area contributed by atoms with Crippen LogP contribution in [-0.4, -0.2) is 29.0 Å². The lowest BCUT2D eigenvalue weighted by atomic mass is 10.2. The van der Waals surface area contributed by atoms with Crippen LogP contribution in [0.2, 0.25) is 5.02 Å². The number of hydrogen-bond acceptors (Lipinski definition) is 5. The molecule has 0 aliphatic heterocycles. The van der Waals surface area contributed by atoms with Crippen molar-refractivity contribution < 1.29 is 14.3 Å². The van der Waals surface area contributed by atoms with Gasteiger partial charge in [-0.25, -0.2) is 9.78 Å². The molecule has 5 nitrogen and oxygen atoms in total. The van der Waals surface area contributed by atoms with Crippen LogP contribution in [-0.2, 0) is 9.53 Å². The molecule has 1 aliphatic rings. The normalized spacial score (nSPS) is 15.7. The zero-order chi connectivity index (χ0) is 18.7. The lowest BCUT2D eigenvalue weighted by Crippen LogP contribution is -2.40. The van der Waals surface area contributed by atoms with E-state index in [2.05, 4.69) is 10.3 Å². The van der Waals surface area contributed by atoms with E-state index in [-0.39, 0.29) is 11.9 Å². The van der Waals surface area contributed by atoms with Crippen LogP contribution in [0.3, 0.4) is 0 Å². The molecule has 0 saturated heterocycles. The largest absolute Gasteiger partial charge is 0.448 e. The standard InChI is InChI=1S/C19H21ClN2O3S/c1-11-16(26-18(21-11)13-6-5-7-14(20)10-13)19(24)25-12(2)17(23)22-15-8-3-4-9-15/h5-7,10,12,15H,3-4,8-9H2,1-2H3,(H,22,23)/t12-/m0/s1. The molecule has 0 bridgehead atoms. The maximum atomic E-state index is 12.5. The number of amides is 1. The third-order valence-corrected chi connectivity index (χ3v) is 5.83. The quantitative estimate of drug-likeness (QED) is 0.767. The number of carbonyl (C=O) groups is 2. The number of esters is 1. The summed E-state index contributed by atoms with van der Waals surface area (Å²) in [4.78, 5) is 29.5. The molecule has 138 valence electrons. The van der Waals surface area contributed by atoms with E-state index < -0.39 is 12.1 Å². The molecule has 1 aromatic carbocycles. The van der Waals surface area contributed by atoms with Crippen molar-refractivity contribution in [2.45, 2.75) is 51.7 Å². The van der Waals surface area contributed by atoms with Gasteiger partial charge in [0.15, 0.2) is 6.10 Å². The summed E-state index contributed by atoms with van der Waals surface area (Å²) in [5.41, 5.74) is 1.43. The molecule has 1 fully saturated rings. The third kappa shape index (κ3) is 4.43. The predicted octanol–water partition coefficient (Wildman–Crippen LogP) is 4.38. The molecule has 1 saturated carbocycles. The summed E-state index contributed by atoms with van der Waals surface area (Å²) >= 11 is 7.26. The molecular formula is C19H21ClN2O3S. The maximum Gasteiger partial charge on any atom is 0.351 e. The molecule has 1 aliphatic carbocycles. The van der Waals surface area contributed by atoms with Gasteiger partial charge in [-0.3, -0.25) is 4.79 Å². The summed E-state index contributed by atoms with van der Waals surface area (Å²) in [5, 5.41) is 4.25. The summed E-state index contributed by atoms with van der Waals surface area (Å²) in [6.07, 6.45) is 3.41. The minimum Gasteiger partial charge on any atom is -0.448 e. The summed E-state index contributed by atoms with van der Waals surface area (Å²) < 4.78 is 5.36. The van der Waals surface area contributed by atoms with Gasteiger partial charge in [-0.05, 0) is 38.8 Å². The number of aromatic nitrogens is 1. The van der Waals surface area contributed by atoms with Gasteiger partial charge in [0, 0.05) is 16.6 Å². The van der Waals surface area contributed by atoms with Crippen LogP contribution in [0.1, 0.15) is 48.0 Å². The number of nitrogens with one attached hydrogen (secondary N) is 1. The fourth-order valence-corrected chi connectivity index (χ4v) is 4.12. The first-order valence-corrected chi connectivity index (χ1v) is 9.88. The fourth-order valence-electron chi connectivity index (χ4n) is 2.99. The van der Waals surface area contributed by atoms with Crippen molar-refractivity contribution in [1.82, 2.24) is 10.3 Å². The number of ether oxygens (including phenoxy) is 1. The van der Waals surface area contributed by atoms with Crippen LogP contribution in [0.4, 0.5) is 0 Å². The Kier molecular flexibility index (Phi) is 5.94. The zero-order valence-corrected chi connectivity index (χ0v) is 16.3. The van der Waals surface area contributed by atoms with Crippen molar-refractivity contribution in [1.29, 1.82) is 0 Å². The minimum absolute atomic E-state index is 0.197. The molecule has 1 N–H and O–H groups in total. The van der Waals surface area contributed by atoms with Gasteiger partial charge in [-0.1, -0.05) is 36.6 Å². The summed E-state index contributed by atoms with van der Waals surface area (Å²) in [7, 11) is 0. The first-order chi connectivity index (χ1) is 12.4. The van der Waals surface area contributed by atoms with E-state index in [1.165, 1.54) is 11.3 Å².